The first kappa shape index (κ1) is 18.1. The van der Waals surface area contributed by atoms with Crippen molar-refractivity contribution >= 4 is 0 Å². The molecule has 3 rings (SSSR count). The molecule has 25 heavy (non-hydrogen) atoms. The van der Waals surface area contributed by atoms with Crippen molar-refractivity contribution < 1.29 is 13.9 Å². The van der Waals surface area contributed by atoms with E-state index in [4.69, 9.17) is 4.42 Å². The molecule has 0 aliphatic carbocycles. The average Bonchev–Trinajstić information content (AvgIpc) is 3.07. The highest BCUT2D eigenvalue weighted by Gasteiger charge is 2.27. The summed E-state index contributed by atoms with van der Waals surface area (Å²) >= 11 is 0. The van der Waals surface area contributed by atoms with Crippen LogP contribution in [-0.2, 0) is 19.5 Å². The lowest BCUT2D eigenvalue weighted by atomic mass is 10.1. The van der Waals surface area contributed by atoms with E-state index >= 15 is 0 Å². The van der Waals surface area contributed by atoms with E-state index in [2.05, 4.69) is 22.8 Å². The van der Waals surface area contributed by atoms with Gasteiger partial charge in [0.1, 0.15) is 17.3 Å². The molecule has 1 N–H and O–H groups in total. The van der Waals surface area contributed by atoms with Crippen LogP contribution in [0.3, 0.4) is 0 Å². The molecule has 1 fully saturated rings. The summed E-state index contributed by atoms with van der Waals surface area (Å²) in [6.45, 7) is 6.68. The van der Waals surface area contributed by atoms with Crippen molar-refractivity contribution in [1.29, 1.82) is 0 Å². The molecular weight excluding hydrogens is 319 g/mol. The number of rotatable bonds is 7. The van der Waals surface area contributed by atoms with Crippen LogP contribution in [0.15, 0.2) is 40.8 Å². The van der Waals surface area contributed by atoms with E-state index < -0.39 is 0 Å². The van der Waals surface area contributed by atoms with Crippen LogP contribution in [0.25, 0.3) is 0 Å². The second-order valence-electron chi connectivity index (χ2n) is 6.72. The first-order valence-corrected chi connectivity index (χ1v) is 9.07. The molecule has 1 atom stereocenters. The number of nitrogens with zero attached hydrogens (tertiary/aromatic N) is 2. The van der Waals surface area contributed by atoms with Crippen molar-refractivity contribution in [2.24, 2.45) is 0 Å². The highest BCUT2D eigenvalue weighted by Crippen LogP contribution is 2.19. The molecule has 4 nitrogen and oxygen atoms in total. The fraction of sp³-hybridized carbons (Fsp3) is 0.500. The fourth-order valence-corrected chi connectivity index (χ4v) is 3.47. The van der Waals surface area contributed by atoms with Crippen molar-refractivity contribution in [2.45, 2.75) is 38.9 Å². The highest BCUT2D eigenvalue weighted by atomic mass is 19.1. The van der Waals surface area contributed by atoms with Crippen LogP contribution < -0.4 is 0 Å². The van der Waals surface area contributed by atoms with Gasteiger partial charge in [-0.15, -0.1) is 0 Å². The van der Waals surface area contributed by atoms with Crippen molar-refractivity contribution in [2.75, 3.05) is 26.2 Å². The van der Waals surface area contributed by atoms with E-state index in [9.17, 15) is 9.50 Å². The molecule has 5 heteroatoms. The molecule has 0 bridgehead atoms. The summed E-state index contributed by atoms with van der Waals surface area (Å²) < 4.78 is 18.9. The Morgan fingerprint density at radius 2 is 1.84 bits per heavy atom. The maximum absolute atomic E-state index is 13.1. The van der Waals surface area contributed by atoms with Crippen LogP contribution in [-0.4, -0.2) is 47.2 Å². The zero-order valence-electron chi connectivity index (χ0n) is 14.8. The van der Waals surface area contributed by atoms with Crippen LogP contribution in [0.1, 0.15) is 30.4 Å². The Kier molecular flexibility index (Phi) is 6.24. The number of aliphatic hydroxyl groups is 1. The Morgan fingerprint density at radius 3 is 2.52 bits per heavy atom. The second kappa shape index (κ2) is 8.61. The number of aliphatic hydroxyl groups excluding tert-OH is 1. The zero-order chi connectivity index (χ0) is 17.6. The summed E-state index contributed by atoms with van der Waals surface area (Å²) in [4.78, 5) is 4.78. The minimum atomic E-state index is -0.203. The van der Waals surface area contributed by atoms with Crippen LogP contribution in [0, 0.1) is 5.82 Å². The van der Waals surface area contributed by atoms with Gasteiger partial charge in [-0.1, -0.05) is 19.1 Å². The SMILES string of the molecule is CCc1ccc(CN2CCN(Cc3ccc(F)cc3)C(CCO)C2)o1. The summed E-state index contributed by atoms with van der Waals surface area (Å²) in [6, 6.07) is 11.1. The van der Waals surface area contributed by atoms with Crippen LogP contribution in [0.5, 0.6) is 0 Å². The number of benzene rings is 1. The molecule has 1 saturated heterocycles. The highest BCUT2D eigenvalue weighted by molar-refractivity contribution is 5.16. The monoisotopic (exact) mass is 346 g/mol. The molecule has 0 radical (unpaired) electrons. The summed E-state index contributed by atoms with van der Waals surface area (Å²) in [7, 11) is 0. The molecular formula is C20H27FN2O2. The molecule has 0 saturated carbocycles. The number of hydrogen-bond acceptors (Lipinski definition) is 4. The van der Waals surface area contributed by atoms with Gasteiger partial charge >= 0.3 is 0 Å². The molecule has 1 aliphatic heterocycles. The van der Waals surface area contributed by atoms with Gasteiger partial charge in [0.2, 0.25) is 0 Å². The predicted octanol–water partition coefficient (Wildman–Crippen LogP) is 3.05. The number of halogens is 1. The van der Waals surface area contributed by atoms with Gasteiger partial charge in [0.25, 0.3) is 0 Å². The molecule has 2 heterocycles. The molecule has 136 valence electrons. The Labute approximate surface area is 148 Å². The molecule has 1 aliphatic rings. The lowest BCUT2D eigenvalue weighted by molar-refractivity contribution is 0.0467. The van der Waals surface area contributed by atoms with E-state index in [-0.39, 0.29) is 12.4 Å². The molecule has 0 spiro atoms. The minimum Gasteiger partial charge on any atom is -0.465 e. The van der Waals surface area contributed by atoms with Crippen molar-refractivity contribution in [3.05, 3.63) is 59.3 Å². The first-order chi connectivity index (χ1) is 12.2. The van der Waals surface area contributed by atoms with Gasteiger partial charge in [-0.2, -0.15) is 0 Å². The van der Waals surface area contributed by atoms with Gasteiger partial charge in [0.05, 0.1) is 6.54 Å². The van der Waals surface area contributed by atoms with Crippen molar-refractivity contribution in [3.63, 3.8) is 0 Å². The van der Waals surface area contributed by atoms with Crippen molar-refractivity contribution in [3.8, 4) is 0 Å². The maximum atomic E-state index is 13.1. The maximum Gasteiger partial charge on any atom is 0.123 e. The summed E-state index contributed by atoms with van der Waals surface area (Å²) in [5.41, 5.74) is 1.11. The number of piperazine rings is 1. The Hall–Kier alpha value is -1.69. The van der Waals surface area contributed by atoms with Gasteiger partial charge in [-0.05, 0) is 36.2 Å². The molecule has 2 aromatic rings. The van der Waals surface area contributed by atoms with Gasteiger partial charge in [0.15, 0.2) is 0 Å². The third kappa shape index (κ3) is 4.91. The smallest absolute Gasteiger partial charge is 0.123 e. The van der Waals surface area contributed by atoms with Gasteiger partial charge in [0, 0.05) is 45.2 Å². The van der Waals surface area contributed by atoms with E-state index in [1.165, 1.54) is 12.1 Å². The Morgan fingerprint density at radius 1 is 1.08 bits per heavy atom. The third-order valence-electron chi connectivity index (χ3n) is 4.90. The lowest BCUT2D eigenvalue weighted by Gasteiger charge is -2.41. The minimum absolute atomic E-state index is 0.180. The Balaban J connectivity index is 1.60. The van der Waals surface area contributed by atoms with E-state index in [0.717, 1.165) is 62.6 Å². The normalized spacial score (nSPS) is 19.4. The number of furan rings is 1. The average molecular weight is 346 g/mol. The van der Waals surface area contributed by atoms with Gasteiger partial charge < -0.3 is 9.52 Å². The Bertz CT molecular complexity index is 656. The van der Waals surface area contributed by atoms with Crippen molar-refractivity contribution in [1.82, 2.24) is 9.80 Å². The topological polar surface area (TPSA) is 39.9 Å². The largest absolute Gasteiger partial charge is 0.465 e. The molecule has 1 aromatic carbocycles. The second-order valence-corrected chi connectivity index (χ2v) is 6.72. The van der Waals surface area contributed by atoms with Crippen LogP contribution in [0.2, 0.25) is 0 Å². The van der Waals surface area contributed by atoms with E-state index in [1.54, 1.807) is 0 Å². The van der Waals surface area contributed by atoms with E-state index in [0.29, 0.717) is 6.04 Å². The number of hydrogen-bond donors (Lipinski definition) is 1. The lowest BCUT2D eigenvalue weighted by Crippen LogP contribution is -2.52. The predicted molar refractivity (Wildman–Crippen MR) is 95.7 cm³/mol. The number of aryl methyl sites for hydroxylation is 1. The summed E-state index contributed by atoms with van der Waals surface area (Å²) in [5.74, 6) is 1.83. The molecule has 0 amide bonds. The summed E-state index contributed by atoms with van der Waals surface area (Å²) in [6.07, 6.45) is 1.66. The molecule has 1 aromatic heterocycles. The van der Waals surface area contributed by atoms with E-state index in [1.807, 2.05) is 18.2 Å². The van der Waals surface area contributed by atoms with Crippen LogP contribution >= 0.6 is 0 Å². The van der Waals surface area contributed by atoms with Gasteiger partial charge in [-0.25, -0.2) is 4.39 Å². The van der Waals surface area contributed by atoms with Gasteiger partial charge in [-0.3, -0.25) is 9.80 Å². The first-order valence-electron chi connectivity index (χ1n) is 9.07. The fourth-order valence-electron chi connectivity index (χ4n) is 3.47. The third-order valence-corrected chi connectivity index (χ3v) is 4.90. The standard InChI is InChI=1S/C20H27FN2O2/c1-2-19-7-8-20(25-19)15-22-10-11-23(18(14-22)9-12-24)13-16-3-5-17(21)6-4-16/h3-8,18,24H,2,9-15H2,1H3. The van der Waals surface area contributed by atoms with Crippen LogP contribution in [0.4, 0.5) is 4.39 Å². The quantitative estimate of drug-likeness (QED) is 0.836. The molecule has 1 unspecified atom stereocenters. The zero-order valence-corrected chi connectivity index (χ0v) is 14.8. The summed E-state index contributed by atoms with van der Waals surface area (Å²) in [5, 5.41) is 9.44.